The molecule has 0 saturated carbocycles. The van der Waals surface area contributed by atoms with Crippen LogP contribution in [0, 0.1) is 0 Å². The zero-order chi connectivity index (χ0) is 25.1. The Morgan fingerprint density at radius 2 is 1.03 bits per heavy atom. The molecule has 0 amide bonds. The standard InChI is InChI=1S/C34H22N4/c1-3-11-23(12-4-1)37-29-16-8-7-15-25(29)26-21-27-28(22-32(26)37)34-31(18-10-20-36-34)38(24-13-5-2-6-14-24)30-17-9-19-35-33(27)30/h1-22H. The number of nitrogens with zero attached hydrogens (tertiary/aromatic N) is 4. The Bertz CT molecular complexity index is 1970. The molecular weight excluding hydrogens is 464 g/mol. The Morgan fingerprint density at radius 1 is 0.447 bits per heavy atom. The van der Waals surface area contributed by atoms with Crippen LogP contribution < -0.4 is 4.90 Å². The molecule has 3 aromatic heterocycles. The van der Waals surface area contributed by atoms with Gasteiger partial charge in [0.05, 0.1) is 33.8 Å². The number of fused-ring (bicyclic) bond motifs is 8. The number of anilines is 3. The van der Waals surface area contributed by atoms with Gasteiger partial charge in [0.25, 0.3) is 0 Å². The Hall–Kier alpha value is -5.22. The van der Waals surface area contributed by atoms with Crippen molar-refractivity contribution in [3.63, 3.8) is 0 Å². The van der Waals surface area contributed by atoms with E-state index in [9.17, 15) is 0 Å². The predicted molar refractivity (Wildman–Crippen MR) is 155 cm³/mol. The lowest BCUT2D eigenvalue weighted by Gasteiger charge is -2.26. The summed E-state index contributed by atoms with van der Waals surface area (Å²) in [4.78, 5) is 12.2. The lowest BCUT2D eigenvalue weighted by molar-refractivity contribution is 1.18. The van der Waals surface area contributed by atoms with Crippen molar-refractivity contribution in [2.75, 3.05) is 4.90 Å². The first-order chi connectivity index (χ1) is 18.9. The van der Waals surface area contributed by atoms with Crippen LogP contribution in [0.5, 0.6) is 0 Å². The number of para-hydroxylation sites is 3. The third-order valence-electron chi connectivity index (χ3n) is 7.41. The highest BCUT2D eigenvalue weighted by Gasteiger charge is 2.29. The molecule has 4 heteroatoms. The Labute approximate surface area is 220 Å². The predicted octanol–water partition coefficient (Wildman–Crippen LogP) is 8.69. The van der Waals surface area contributed by atoms with Gasteiger partial charge in [-0.2, -0.15) is 0 Å². The van der Waals surface area contributed by atoms with Crippen molar-refractivity contribution in [2.24, 2.45) is 0 Å². The van der Waals surface area contributed by atoms with Crippen LogP contribution in [0.3, 0.4) is 0 Å². The lowest BCUT2D eigenvalue weighted by Crippen LogP contribution is -2.11. The minimum absolute atomic E-state index is 0.941. The van der Waals surface area contributed by atoms with Gasteiger partial charge in [-0.3, -0.25) is 9.97 Å². The van der Waals surface area contributed by atoms with E-state index in [1.165, 1.54) is 16.3 Å². The fourth-order valence-electron chi connectivity index (χ4n) is 5.82. The first-order valence-electron chi connectivity index (χ1n) is 12.8. The van der Waals surface area contributed by atoms with Crippen LogP contribution in [0.15, 0.2) is 134 Å². The van der Waals surface area contributed by atoms with Gasteiger partial charge >= 0.3 is 0 Å². The maximum atomic E-state index is 4.96. The molecule has 4 nitrogen and oxygen atoms in total. The summed E-state index contributed by atoms with van der Waals surface area (Å²) in [6, 6.07) is 42.6. The molecule has 0 fully saturated rings. The van der Waals surface area contributed by atoms with E-state index in [0.717, 1.165) is 50.8 Å². The number of pyridine rings is 2. The smallest absolute Gasteiger partial charge is 0.0949 e. The Balaban J connectivity index is 1.53. The number of benzene rings is 4. The molecule has 38 heavy (non-hydrogen) atoms. The molecule has 0 atom stereocenters. The maximum absolute atomic E-state index is 4.96. The van der Waals surface area contributed by atoms with Crippen molar-refractivity contribution in [3.05, 3.63) is 134 Å². The molecule has 178 valence electrons. The number of rotatable bonds is 2. The van der Waals surface area contributed by atoms with E-state index in [1.807, 2.05) is 30.6 Å². The number of aromatic nitrogens is 3. The molecule has 7 aromatic rings. The highest BCUT2D eigenvalue weighted by Crippen LogP contribution is 2.50. The van der Waals surface area contributed by atoms with E-state index in [1.54, 1.807) is 0 Å². The molecule has 4 aromatic carbocycles. The molecule has 0 saturated heterocycles. The summed E-state index contributed by atoms with van der Waals surface area (Å²) in [6.07, 6.45) is 3.76. The molecule has 0 bridgehead atoms. The molecule has 0 radical (unpaired) electrons. The largest absolute Gasteiger partial charge is 0.309 e. The quantitative estimate of drug-likeness (QED) is 0.245. The fourth-order valence-corrected chi connectivity index (χ4v) is 5.82. The van der Waals surface area contributed by atoms with Crippen LogP contribution in [-0.2, 0) is 0 Å². The highest BCUT2D eigenvalue weighted by molar-refractivity contribution is 6.14. The van der Waals surface area contributed by atoms with Gasteiger partial charge in [-0.05, 0) is 66.7 Å². The van der Waals surface area contributed by atoms with E-state index in [0.29, 0.717) is 0 Å². The van der Waals surface area contributed by atoms with Crippen LogP contribution in [-0.4, -0.2) is 14.5 Å². The minimum Gasteiger partial charge on any atom is -0.309 e. The van der Waals surface area contributed by atoms with E-state index < -0.39 is 0 Å². The molecule has 0 N–H and O–H groups in total. The van der Waals surface area contributed by atoms with Crippen molar-refractivity contribution in [1.82, 2.24) is 14.5 Å². The van der Waals surface area contributed by atoms with Crippen LogP contribution in [0.1, 0.15) is 0 Å². The van der Waals surface area contributed by atoms with Crippen molar-refractivity contribution in [3.8, 4) is 28.2 Å². The molecular formula is C34H22N4. The Morgan fingerprint density at radius 3 is 1.71 bits per heavy atom. The fraction of sp³-hybridized carbons (Fsp3) is 0. The molecule has 4 heterocycles. The van der Waals surface area contributed by atoms with Crippen LogP contribution >= 0.6 is 0 Å². The van der Waals surface area contributed by atoms with Gasteiger partial charge in [0.15, 0.2) is 0 Å². The van der Waals surface area contributed by atoms with E-state index in [2.05, 4.69) is 113 Å². The van der Waals surface area contributed by atoms with Gasteiger partial charge in [0.1, 0.15) is 0 Å². The van der Waals surface area contributed by atoms with Gasteiger partial charge in [0, 0.05) is 45.7 Å². The third kappa shape index (κ3) is 2.98. The summed E-state index contributed by atoms with van der Waals surface area (Å²) in [6.45, 7) is 0. The van der Waals surface area contributed by atoms with Crippen LogP contribution in [0.2, 0.25) is 0 Å². The Kier molecular flexibility index (Phi) is 4.49. The van der Waals surface area contributed by atoms with Crippen molar-refractivity contribution >= 4 is 38.9 Å². The zero-order valence-electron chi connectivity index (χ0n) is 20.5. The molecule has 0 unspecified atom stereocenters. The zero-order valence-corrected chi connectivity index (χ0v) is 20.5. The van der Waals surface area contributed by atoms with Gasteiger partial charge in [0.2, 0.25) is 0 Å². The second-order valence-electron chi connectivity index (χ2n) is 9.52. The van der Waals surface area contributed by atoms with E-state index in [4.69, 9.17) is 9.97 Å². The highest BCUT2D eigenvalue weighted by atomic mass is 15.2. The van der Waals surface area contributed by atoms with Crippen molar-refractivity contribution < 1.29 is 0 Å². The molecule has 1 aliphatic heterocycles. The van der Waals surface area contributed by atoms with Gasteiger partial charge in [-0.1, -0.05) is 54.6 Å². The third-order valence-corrected chi connectivity index (χ3v) is 7.41. The topological polar surface area (TPSA) is 34.0 Å². The van der Waals surface area contributed by atoms with Crippen molar-refractivity contribution in [2.45, 2.75) is 0 Å². The summed E-state index contributed by atoms with van der Waals surface area (Å²) in [5.74, 6) is 0. The van der Waals surface area contributed by atoms with Crippen molar-refractivity contribution in [1.29, 1.82) is 0 Å². The minimum atomic E-state index is 0.941. The second-order valence-corrected chi connectivity index (χ2v) is 9.52. The summed E-state index contributed by atoms with van der Waals surface area (Å²) < 4.78 is 2.35. The van der Waals surface area contributed by atoms with Crippen LogP contribution in [0.25, 0.3) is 50.0 Å². The molecule has 8 rings (SSSR count). The maximum Gasteiger partial charge on any atom is 0.0949 e. The normalized spacial score (nSPS) is 12.2. The summed E-state index contributed by atoms with van der Waals surface area (Å²) in [5, 5.41) is 2.42. The first kappa shape index (κ1) is 20.9. The average Bonchev–Trinajstić information content (AvgIpc) is 3.25. The number of hydrogen-bond donors (Lipinski definition) is 0. The number of hydrogen-bond acceptors (Lipinski definition) is 3. The lowest BCUT2D eigenvalue weighted by atomic mass is 9.97. The van der Waals surface area contributed by atoms with Gasteiger partial charge < -0.3 is 9.47 Å². The summed E-state index contributed by atoms with van der Waals surface area (Å²) in [5.41, 5.74) is 10.7. The van der Waals surface area contributed by atoms with Gasteiger partial charge in [-0.15, -0.1) is 0 Å². The monoisotopic (exact) mass is 486 g/mol. The molecule has 0 aliphatic carbocycles. The summed E-state index contributed by atoms with van der Waals surface area (Å²) in [7, 11) is 0. The second kappa shape index (κ2) is 8.15. The SMILES string of the molecule is c1ccc(N2c3cccnc3-c3cc4c5ccccc5n(-c5ccccc5)c4cc3-c3ncccc32)cc1. The first-order valence-corrected chi connectivity index (χ1v) is 12.8. The molecule has 0 spiro atoms. The van der Waals surface area contributed by atoms with Crippen LogP contribution in [0.4, 0.5) is 17.1 Å². The molecule has 1 aliphatic rings. The van der Waals surface area contributed by atoms with E-state index in [-0.39, 0.29) is 0 Å². The van der Waals surface area contributed by atoms with Gasteiger partial charge in [-0.25, -0.2) is 0 Å². The average molecular weight is 487 g/mol. The summed E-state index contributed by atoms with van der Waals surface area (Å²) >= 11 is 0. The van der Waals surface area contributed by atoms with E-state index >= 15 is 0 Å².